The van der Waals surface area contributed by atoms with Crippen molar-refractivity contribution >= 4 is 29.1 Å². The molecule has 8 heteroatoms. The average Bonchev–Trinajstić information content (AvgIpc) is 3.17. The zero-order valence-corrected chi connectivity index (χ0v) is 19.8. The lowest BCUT2D eigenvalue weighted by atomic mass is 9.95. The first-order valence-corrected chi connectivity index (χ1v) is 11.4. The van der Waals surface area contributed by atoms with Crippen LogP contribution in [0.1, 0.15) is 40.9 Å². The van der Waals surface area contributed by atoms with Crippen molar-refractivity contribution < 1.29 is 34.1 Å². The number of ether oxygens (including phenoxy) is 2. The smallest absolute Gasteiger partial charge is 0.338 e. The Bertz CT molecular complexity index is 1330. The molecule has 3 aromatic carbocycles. The molecule has 2 N–H and O–H groups in total. The molecule has 4 rings (SSSR count). The minimum atomic E-state index is -1.00. The van der Waals surface area contributed by atoms with E-state index in [-0.39, 0.29) is 34.9 Å². The van der Waals surface area contributed by atoms with Crippen LogP contribution in [-0.2, 0) is 14.3 Å². The third-order valence-electron chi connectivity index (χ3n) is 5.81. The number of benzene rings is 3. The summed E-state index contributed by atoms with van der Waals surface area (Å²) in [6.45, 7) is 2.13. The molecule has 0 aliphatic carbocycles. The van der Waals surface area contributed by atoms with E-state index >= 15 is 0 Å². The molecular weight excluding hydrogens is 462 g/mol. The van der Waals surface area contributed by atoms with Gasteiger partial charge in [-0.15, -0.1) is 0 Å². The van der Waals surface area contributed by atoms with Crippen molar-refractivity contribution in [1.29, 1.82) is 0 Å². The van der Waals surface area contributed by atoms with Gasteiger partial charge in [0, 0.05) is 11.3 Å². The molecule has 0 radical (unpaired) electrons. The Morgan fingerprint density at radius 3 is 2.31 bits per heavy atom. The molecule has 0 saturated carbocycles. The number of hydrogen-bond acceptors (Lipinski definition) is 7. The number of phenolic OH excluding ortho intramolecular Hbond substituents is 1. The second-order valence-corrected chi connectivity index (χ2v) is 8.18. The van der Waals surface area contributed by atoms with E-state index < -0.39 is 23.7 Å². The van der Waals surface area contributed by atoms with Crippen LogP contribution in [0.3, 0.4) is 0 Å². The maximum absolute atomic E-state index is 13.3. The summed E-state index contributed by atoms with van der Waals surface area (Å²) in [6.07, 6.45) is 0.659. The maximum Gasteiger partial charge on any atom is 0.338 e. The van der Waals surface area contributed by atoms with Gasteiger partial charge in [0.2, 0.25) is 0 Å². The van der Waals surface area contributed by atoms with Crippen LogP contribution in [-0.4, -0.2) is 41.6 Å². The summed E-state index contributed by atoms with van der Waals surface area (Å²) in [7, 11) is 1.51. The van der Waals surface area contributed by atoms with Crippen molar-refractivity contribution in [2.24, 2.45) is 0 Å². The lowest BCUT2D eigenvalue weighted by Gasteiger charge is -2.25. The minimum absolute atomic E-state index is 0.00604. The molecule has 184 valence electrons. The van der Waals surface area contributed by atoms with E-state index in [1.807, 2.05) is 6.92 Å². The van der Waals surface area contributed by atoms with Gasteiger partial charge in [0.05, 0.1) is 30.9 Å². The summed E-state index contributed by atoms with van der Waals surface area (Å²) in [6, 6.07) is 17.7. The Balaban J connectivity index is 1.86. The first-order chi connectivity index (χ1) is 17.3. The Kier molecular flexibility index (Phi) is 7.05. The molecule has 1 unspecified atom stereocenters. The number of anilines is 1. The number of phenols is 1. The molecule has 1 atom stereocenters. The largest absolute Gasteiger partial charge is 0.508 e. The molecule has 1 saturated heterocycles. The van der Waals surface area contributed by atoms with Crippen LogP contribution in [0.4, 0.5) is 5.69 Å². The Hall–Kier alpha value is -4.59. The number of rotatable bonds is 7. The van der Waals surface area contributed by atoms with Crippen LogP contribution in [0.5, 0.6) is 11.5 Å². The van der Waals surface area contributed by atoms with Crippen LogP contribution < -0.4 is 9.64 Å². The van der Waals surface area contributed by atoms with E-state index in [4.69, 9.17) is 9.47 Å². The van der Waals surface area contributed by atoms with Crippen molar-refractivity contribution in [3.63, 3.8) is 0 Å². The normalized spacial score (nSPS) is 16.7. The summed E-state index contributed by atoms with van der Waals surface area (Å²) in [4.78, 5) is 40.2. The number of aliphatic hydroxyl groups excluding tert-OH is 1. The second-order valence-electron chi connectivity index (χ2n) is 8.18. The molecule has 1 amide bonds. The Morgan fingerprint density at radius 1 is 0.972 bits per heavy atom. The summed E-state index contributed by atoms with van der Waals surface area (Å²) >= 11 is 0. The van der Waals surface area contributed by atoms with Gasteiger partial charge < -0.3 is 19.7 Å². The van der Waals surface area contributed by atoms with Gasteiger partial charge in [0.15, 0.2) is 0 Å². The molecule has 36 heavy (non-hydrogen) atoms. The number of nitrogens with zero attached hydrogens (tertiary/aromatic N) is 1. The average molecular weight is 488 g/mol. The molecule has 1 aliphatic rings. The Labute approximate surface area is 208 Å². The predicted molar refractivity (Wildman–Crippen MR) is 133 cm³/mol. The molecule has 8 nitrogen and oxygen atoms in total. The number of aromatic hydroxyl groups is 1. The number of amides is 1. The number of methoxy groups -OCH3 is 1. The molecule has 0 spiro atoms. The lowest BCUT2D eigenvalue weighted by molar-refractivity contribution is -0.132. The SMILES string of the molecule is CCCOC(=O)c1cccc(N2C(=O)C(=O)/C(=C(/O)c3ccc(OC)cc3)C2c2ccc(O)cc2)c1. The topological polar surface area (TPSA) is 113 Å². The quantitative estimate of drug-likeness (QED) is 0.217. The van der Waals surface area contributed by atoms with E-state index in [2.05, 4.69) is 0 Å². The van der Waals surface area contributed by atoms with Crippen molar-refractivity contribution in [3.05, 3.63) is 95.1 Å². The highest BCUT2D eigenvalue weighted by Crippen LogP contribution is 2.42. The van der Waals surface area contributed by atoms with Gasteiger partial charge in [-0.3, -0.25) is 14.5 Å². The molecule has 3 aromatic rings. The number of ketones is 1. The first kappa shape index (κ1) is 24.5. The van der Waals surface area contributed by atoms with Crippen LogP contribution in [0.15, 0.2) is 78.4 Å². The fourth-order valence-corrected chi connectivity index (χ4v) is 4.04. The maximum atomic E-state index is 13.3. The highest BCUT2D eigenvalue weighted by Gasteiger charge is 2.47. The van der Waals surface area contributed by atoms with Gasteiger partial charge in [0.25, 0.3) is 11.7 Å². The first-order valence-electron chi connectivity index (χ1n) is 11.4. The van der Waals surface area contributed by atoms with Crippen molar-refractivity contribution in [1.82, 2.24) is 0 Å². The molecule has 1 aliphatic heterocycles. The van der Waals surface area contributed by atoms with Gasteiger partial charge in [-0.2, -0.15) is 0 Å². The monoisotopic (exact) mass is 487 g/mol. The second kappa shape index (κ2) is 10.4. The molecule has 0 aromatic heterocycles. The lowest BCUT2D eigenvalue weighted by Crippen LogP contribution is -2.29. The van der Waals surface area contributed by atoms with E-state index in [9.17, 15) is 24.6 Å². The van der Waals surface area contributed by atoms with Crippen molar-refractivity contribution in [3.8, 4) is 11.5 Å². The van der Waals surface area contributed by atoms with Crippen LogP contribution in [0.25, 0.3) is 5.76 Å². The van der Waals surface area contributed by atoms with Gasteiger partial charge in [-0.05, 0) is 66.6 Å². The highest BCUT2D eigenvalue weighted by molar-refractivity contribution is 6.51. The number of aliphatic hydroxyl groups is 1. The van der Waals surface area contributed by atoms with E-state index in [1.54, 1.807) is 54.6 Å². The van der Waals surface area contributed by atoms with Crippen LogP contribution in [0.2, 0.25) is 0 Å². The molecular formula is C28H25NO7. The molecule has 1 heterocycles. The van der Waals surface area contributed by atoms with Crippen LogP contribution in [0, 0.1) is 0 Å². The number of carbonyl (C=O) groups excluding carboxylic acids is 3. The van der Waals surface area contributed by atoms with Crippen molar-refractivity contribution in [2.45, 2.75) is 19.4 Å². The Morgan fingerprint density at radius 2 is 1.67 bits per heavy atom. The zero-order valence-electron chi connectivity index (χ0n) is 19.8. The third-order valence-corrected chi connectivity index (χ3v) is 5.81. The standard InChI is InChI=1S/C28H25NO7/c1-3-15-36-28(34)19-5-4-6-20(16-19)29-24(17-7-11-21(30)12-8-17)23(26(32)27(29)33)25(31)18-9-13-22(35-2)14-10-18/h4-14,16,24,30-31H,3,15H2,1-2H3/b25-23+. The van der Waals surface area contributed by atoms with Crippen LogP contribution >= 0.6 is 0 Å². The van der Waals surface area contributed by atoms with E-state index in [0.29, 0.717) is 23.3 Å². The van der Waals surface area contributed by atoms with Gasteiger partial charge in [-0.1, -0.05) is 25.1 Å². The van der Waals surface area contributed by atoms with Gasteiger partial charge in [-0.25, -0.2) is 4.79 Å². The summed E-state index contributed by atoms with van der Waals surface area (Å²) in [5.41, 5.74) is 1.21. The highest BCUT2D eigenvalue weighted by atomic mass is 16.5. The number of carbonyl (C=O) groups is 3. The zero-order chi connectivity index (χ0) is 25.8. The number of Topliss-reactive ketones (excluding diaryl/α,β-unsaturated/α-hetero) is 1. The molecule has 0 bridgehead atoms. The minimum Gasteiger partial charge on any atom is -0.508 e. The van der Waals surface area contributed by atoms with E-state index in [0.717, 1.165) is 0 Å². The molecule has 1 fully saturated rings. The predicted octanol–water partition coefficient (Wildman–Crippen LogP) is 4.59. The third kappa shape index (κ3) is 4.65. The van der Waals surface area contributed by atoms with Crippen molar-refractivity contribution in [2.75, 3.05) is 18.6 Å². The van der Waals surface area contributed by atoms with Gasteiger partial charge in [0.1, 0.15) is 17.3 Å². The summed E-state index contributed by atoms with van der Waals surface area (Å²) in [5, 5.41) is 21.0. The summed E-state index contributed by atoms with van der Waals surface area (Å²) in [5.74, 6) is -2.06. The fraction of sp³-hybridized carbons (Fsp3) is 0.179. The summed E-state index contributed by atoms with van der Waals surface area (Å²) < 4.78 is 10.4. The number of hydrogen-bond donors (Lipinski definition) is 2. The fourth-order valence-electron chi connectivity index (χ4n) is 4.04. The van der Waals surface area contributed by atoms with E-state index in [1.165, 1.54) is 30.2 Å². The van der Waals surface area contributed by atoms with Gasteiger partial charge >= 0.3 is 5.97 Å². The number of esters is 1.